The van der Waals surface area contributed by atoms with Gasteiger partial charge in [0.15, 0.2) is 5.82 Å². The maximum Gasteiger partial charge on any atom is 0.234 e. The van der Waals surface area contributed by atoms with E-state index in [1.165, 1.54) is 23.9 Å². The Balaban J connectivity index is 1.55. The predicted molar refractivity (Wildman–Crippen MR) is 108 cm³/mol. The molecule has 1 aliphatic rings. The van der Waals surface area contributed by atoms with Crippen LogP contribution in [0.5, 0.6) is 0 Å². The van der Waals surface area contributed by atoms with Crippen molar-refractivity contribution in [2.24, 2.45) is 4.99 Å². The highest BCUT2D eigenvalue weighted by Gasteiger charge is 2.18. The normalized spacial score (nSPS) is 12.1. The number of pyridine rings is 1. The summed E-state index contributed by atoms with van der Waals surface area (Å²) >= 11 is 1.32. The van der Waals surface area contributed by atoms with E-state index >= 15 is 0 Å². The monoisotopic (exact) mass is 378 g/mol. The summed E-state index contributed by atoms with van der Waals surface area (Å²) in [5.41, 5.74) is 2.92. The topological polar surface area (TPSA) is 66.4 Å². The zero-order valence-corrected chi connectivity index (χ0v) is 15.0. The number of hydrogen-bond donors (Lipinski definition) is 2. The molecule has 0 aliphatic carbocycles. The quantitative estimate of drug-likeness (QED) is 0.692. The van der Waals surface area contributed by atoms with Crippen LogP contribution in [-0.4, -0.2) is 21.7 Å². The molecule has 0 atom stereocenters. The van der Waals surface area contributed by atoms with Crippen molar-refractivity contribution in [1.82, 2.24) is 4.98 Å². The molecule has 1 aliphatic heterocycles. The lowest BCUT2D eigenvalue weighted by molar-refractivity contribution is -0.113. The van der Waals surface area contributed by atoms with Gasteiger partial charge in [-0.3, -0.25) is 4.79 Å². The van der Waals surface area contributed by atoms with E-state index in [9.17, 15) is 9.18 Å². The van der Waals surface area contributed by atoms with Crippen molar-refractivity contribution in [1.29, 1.82) is 0 Å². The van der Waals surface area contributed by atoms with E-state index in [0.29, 0.717) is 17.2 Å². The minimum atomic E-state index is -0.391. The standard InChI is InChI=1S/C20H15FN4OS/c21-13-5-3-6-14(11-13)23-18(26)12-27-20-15-7-1-2-8-16(15)24-19-17(25-20)9-4-10-22-19/h1-11H,12H2,(H,22,24)(H,23,26). The molecular formula is C20H15FN4OS. The zero-order valence-electron chi connectivity index (χ0n) is 14.1. The minimum Gasteiger partial charge on any atom is -0.338 e. The summed E-state index contributed by atoms with van der Waals surface area (Å²) in [5.74, 6) is 0.205. The molecule has 0 unspecified atom stereocenters. The Morgan fingerprint density at radius 2 is 2.00 bits per heavy atom. The molecule has 0 saturated carbocycles. The predicted octanol–water partition coefficient (Wildman–Crippen LogP) is 4.73. The third-order valence-corrected chi connectivity index (χ3v) is 4.86. The van der Waals surface area contributed by atoms with Gasteiger partial charge in [0.2, 0.25) is 5.91 Å². The number of hydrogen-bond acceptors (Lipinski definition) is 5. The fourth-order valence-electron chi connectivity index (χ4n) is 2.67. The maximum atomic E-state index is 13.3. The number of carbonyl (C=O) groups excluding carboxylic acids is 1. The molecule has 5 nitrogen and oxygen atoms in total. The Morgan fingerprint density at radius 3 is 2.89 bits per heavy atom. The highest BCUT2D eigenvalue weighted by Crippen LogP contribution is 2.34. The SMILES string of the molecule is O=C(CSC1=Nc2cccnc2Nc2ccccc21)Nc1cccc(F)c1. The van der Waals surface area contributed by atoms with Gasteiger partial charge < -0.3 is 10.6 Å². The summed E-state index contributed by atoms with van der Waals surface area (Å²) in [5, 5.41) is 6.71. The number of nitrogens with zero attached hydrogens (tertiary/aromatic N) is 2. The molecule has 2 N–H and O–H groups in total. The molecule has 0 radical (unpaired) electrons. The first kappa shape index (κ1) is 17.2. The maximum absolute atomic E-state index is 13.3. The Bertz CT molecular complexity index is 1040. The summed E-state index contributed by atoms with van der Waals surface area (Å²) in [6, 6.07) is 17.3. The second kappa shape index (κ2) is 7.59. The second-order valence-corrected chi connectivity index (χ2v) is 6.77. The number of amides is 1. The molecule has 0 spiro atoms. The van der Waals surface area contributed by atoms with Gasteiger partial charge in [-0.2, -0.15) is 0 Å². The number of aliphatic imine (C=N–C) groups is 1. The van der Waals surface area contributed by atoms with E-state index in [1.54, 1.807) is 18.3 Å². The third-order valence-electron chi connectivity index (χ3n) is 3.87. The van der Waals surface area contributed by atoms with Crippen molar-refractivity contribution in [2.75, 3.05) is 16.4 Å². The summed E-state index contributed by atoms with van der Waals surface area (Å²) in [6.45, 7) is 0. The van der Waals surface area contributed by atoms with Gasteiger partial charge in [-0.1, -0.05) is 36.0 Å². The van der Waals surface area contributed by atoms with Crippen LogP contribution in [0.2, 0.25) is 0 Å². The Morgan fingerprint density at radius 1 is 1.11 bits per heavy atom. The number of nitrogens with one attached hydrogen (secondary N) is 2. The van der Waals surface area contributed by atoms with Crippen LogP contribution >= 0.6 is 11.8 Å². The van der Waals surface area contributed by atoms with Gasteiger partial charge >= 0.3 is 0 Å². The molecule has 7 heteroatoms. The van der Waals surface area contributed by atoms with Crippen LogP contribution in [0, 0.1) is 5.82 Å². The van der Waals surface area contributed by atoms with Gasteiger partial charge in [-0.25, -0.2) is 14.4 Å². The smallest absolute Gasteiger partial charge is 0.234 e. The van der Waals surface area contributed by atoms with E-state index in [2.05, 4.69) is 20.6 Å². The van der Waals surface area contributed by atoms with Gasteiger partial charge in [0.25, 0.3) is 0 Å². The number of aromatic nitrogens is 1. The number of thioether (sulfide) groups is 1. The van der Waals surface area contributed by atoms with Crippen molar-refractivity contribution in [3.05, 3.63) is 78.2 Å². The summed E-state index contributed by atoms with van der Waals surface area (Å²) in [4.78, 5) is 21.3. The van der Waals surface area contributed by atoms with Crippen LogP contribution in [-0.2, 0) is 4.79 Å². The lowest BCUT2D eigenvalue weighted by Crippen LogP contribution is -2.15. The van der Waals surface area contributed by atoms with Crippen molar-refractivity contribution in [2.45, 2.75) is 0 Å². The average Bonchev–Trinajstić information content (AvgIpc) is 2.83. The minimum absolute atomic E-state index is 0.152. The van der Waals surface area contributed by atoms with Gasteiger partial charge in [-0.05, 0) is 36.4 Å². The molecule has 2 aromatic carbocycles. The fourth-order valence-corrected chi connectivity index (χ4v) is 3.50. The second-order valence-electron chi connectivity index (χ2n) is 5.81. The highest BCUT2D eigenvalue weighted by molar-refractivity contribution is 8.15. The molecule has 4 rings (SSSR count). The molecule has 134 valence electrons. The molecule has 2 heterocycles. The van der Waals surface area contributed by atoms with Gasteiger partial charge in [0.1, 0.15) is 16.5 Å². The van der Waals surface area contributed by atoms with Crippen LogP contribution in [0.15, 0.2) is 71.9 Å². The lowest BCUT2D eigenvalue weighted by atomic mass is 10.2. The number of benzene rings is 2. The largest absolute Gasteiger partial charge is 0.338 e. The molecule has 27 heavy (non-hydrogen) atoms. The van der Waals surface area contributed by atoms with E-state index in [1.807, 2.05) is 36.4 Å². The molecule has 0 fully saturated rings. The van der Waals surface area contributed by atoms with Crippen molar-refractivity contribution in [3.63, 3.8) is 0 Å². The average molecular weight is 378 g/mol. The lowest BCUT2D eigenvalue weighted by Gasteiger charge is -2.10. The number of halogens is 1. The number of para-hydroxylation sites is 1. The van der Waals surface area contributed by atoms with Crippen molar-refractivity contribution >= 4 is 45.6 Å². The number of carbonyl (C=O) groups is 1. The third kappa shape index (κ3) is 3.98. The Hall–Kier alpha value is -3.19. The summed E-state index contributed by atoms with van der Waals surface area (Å²) < 4.78 is 13.3. The number of fused-ring (bicyclic) bond motifs is 2. The van der Waals surface area contributed by atoms with E-state index in [0.717, 1.165) is 16.3 Å². The van der Waals surface area contributed by atoms with Crippen molar-refractivity contribution < 1.29 is 9.18 Å². The van der Waals surface area contributed by atoms with E-state index in [4.69, 9.17) is 0 Å². The summed E-state index contributed by atoms with van der Waals surface area (Å²) in [6.07, 6.45) is 1.70. The molecule has 3 aromatic rings. The zero-order chi connectivity index (χ0) is 18.6. The van der Waals surface area contributed by atoms with Crippen LogP contribution in [0.25, 0.3) is 0 Å². The first-order valence-corrected chi connectivity index (χ1v) is 9.26. The Labute approximate surface area is 159 Å². The van der Waals surface area contributed by atoms with E-state index in [-0.39, 0.29) is 11.7 Å². The van der Waals surface area contributed by atoms with Crippen LogP contribution in [0.1, 0.15) is 5.56 Å². The highest BCUT2D eigenvalue weighted by atomic mass is 32.2. The van der Waals surface area contributed by atoms with E-state index < -0.39 is 5.82 Å². The van der Waals surface area contributed by atoms with Gasteiger partial charge in [0.05, 0.1) is 5.75 Å². The number of anilines is 3. The first-order chi connectivity index (χ1) is 13.2. The number of rotatable bonds is 3. The van der Waals surface area contributed by atoms with Gasteiger partial charge in [0, 0.05) is 23.1 Å². The van der Waals surface area contributed by atoms with Crippen LogP contribution < -0.4 is 10.6 Å². The molecule has 0 bridgehead atoms. The van der Waals surface area contributed by atoms with Crippen LogP contribution in [0.4, 0.5) is 27.3 Å². The molecule has 1 amide bonds. The summed E-state index contributed by atoms with van der Waals surface area (Å²) in [7, 11) is 0. The molecular weight excluding hydrogens is 363 g/mol. The first-order valence-electron chi connectivity index (χ1n) is 8.27. The van der Waals surface area contributed by atoms with Crippen molar-refractivity contribution in [3.8, 4) is 0 Å². The van der Waals surface area contributed by atoms with Crippen LogP contribution in [0.3, 0.4) is 0 Å². The Kier molecular flexibility index (Phi) is 4.84. The molecule has 1 aromatic heterocycles. The van der Waals surface area contributed by atoms with Gasteiger partial charge in [-0.15, -0.1) is 0 Å². The fraction of sp³-hybridized carbons (Fsp3) is 0.0500. The molecule has 0 saturated heterocycles.